The van der Waals surface area contributed by atoms with Crippen molar-refractivity contribution < 1.29 is 0 Å². The third-order valence-electron chi connectivity index (χ3n) is 5.51. The van der Waals surface area contributed by atoms with Gasteiger partial charge in [0.1, 0.15) is 11.6 Å². The van der Waals surface area contributed by atoms with Gasteiger partial charge in [-0.3, -0.25) is 4.90 Å². The van der Waals surface area contributed by atoms with Gasteiger partial charge in [-0.1, -0.05) is 6.42 Å². The summed E-state index contributed by atoms with van der Waals surface area (Å²) < 4.78 is 2.46. The number of hydrogen-bond acceptors (Lipinski definition) is 4. The highest BCUT2D eigenvalue weighted by Gasteiger charge is 2.35. The molecule has 2 saturated heterocycles. The van der Waals surface area contributed by atoms with E-state index >= 15 is 0 Å². The van der Waals surface area contributed by atoms with Gasteiger partial charge in [-0.15, -0.1) is 10.2 Å². The first-order chi connectivity index (χ1) is 10.4. The van der Waals surface area contributed by atoms with Crippen molar-refractivity contribution in [3.05, 3.63) is 11.6 Å². The van der Waals surface area contributed by atoms with E-state index in [4.69, 9.17) is 0 Å². The summed E-state index contributed by atoms with van der Waals surface area (Å²) in [4.78, 5) is 2.74. The maximum absolute atomic E-state index is 4.62. The van der Waals surface area contributed by atoms with Crippen molar-refractivity contribution in [2.45, 2.75) is 70.0 Å². The highest BCUT2D eigenvalue weighted by Crippen LogP contribution is 2.35. The second-order valence-corrected chi connectivity index (χ2v) is 6.81. The fourth-order valence-corrected chi connectivity index (χ4v) is 4.40. The van der Waals surface area contributed by atoms with E-state index in [1.54, 1.807) is 0 Å². The van der Waals surface area contributed by atoms with Crippen LogP contribution in [0.3, 0.4) is 0 Å². The number of nitrogens with zero attached hydrogens (tertiary/aromatic N) is 4. The maximum atomic E-state index is 4.62. The molecule has 1 aromatic heterocycles. The van der Waals surface area contributed by atoms with Crippen LogP contribution in [0, 0.1) is 0 Å². The Morgan fingerprint density at radius 2 is 1.81 bits per heavy atom. The van der Waals surface area contributed by atoms with Crippen molar-refractivity contribution in [3.8, 4) is 0 Å². The van der Waals surface area contributed by atoms with Crippen molar-refractivity contribution in [3.63, 3.8) is 0 Å². The van der Waals surface area contributed by atoms with Gasteiger partial charge in [0.15, 0.2) is 0 Å². The molecule has 4 rings (SSSR count). The molecule has 1 unspecified atom stereocenters. The lowest BCUT2D eigenvalue weighted by Crippen LogP contribution is -2.43. The highest BCUT2D eigenvalue weighted by atomic mass is 15.3. The molecular formula is C16H27N5. The first-order valence-corrected chi connectivity index (χ1v) is 8.82. The Morgan fingerprint density at radius 1 is 0.905 bits per heavy atom. The Kier molecular flexibility index (Phi) is 3.95. The predicted octanol–water partition coefficient (Wildman–Crippen LogP) is 1.89. The molecule has 116 valence electrons. The summed E-state index contributed by atoms with van der Waals surface area (Å²) in [6, 6.07) is 1.27. The standard InChI is InChI=1S/C16H27N5/c1-2-6-15-18-19-16(21(15)11-3-1)14-5-4-12-20(14)13-7-9-17-10-8-13/h13-14,17H,1-12H2. The fraction of sp³-hybridized carbons (Fsp3) is 0.875. The highest BCUT2D eigenvalue weighted by molar-refractivity contribution is 5.06. The largest absolute Gasteiger partial charge is 0.317 e. The molecule has 4 heterocycles. The van der Waals surface area contributed by atoms with E-state index in [1.165, 1.54) is 76.2 Å². The maximum Gasteiger partial charge on any atom is 0.150 e. The molecule has 5 heteroatoms. The van der Waals surface area contributed by atoms with Crippen LogP contribution in [0.1, 0.15) is 62.6 Å². The van der Waals surface area contributed by atoms with Gasteiger partial charge >= 0.3 is 0 Å². The minimum atomic E-state index is 0.521. The molecule has 0 saturated carbocycles. The molecule has 5 nitrogen and oxygen atoms in total. The van der Waals surface area contributed by atoms with E-state index in [0.29, 0.717) is 6.04 Å². The first kappa shape index (κ1) is 13.7. The minimum absolute atomic E-state index is 0.521. The van der Waals surface area contributed by atoms with Gasteiger partial charge in [0.2, 0.25) is 0 Å². The van der Waals surface area contributed by atoms with Gasteiger partial charge in [0.05, 0.1) is 6.04 Å². The number of likely N-dealkylation sites (tertiary alicyclic amines) is 1. The molecule has 0 aliphatic carbocycles. The van der Waals surface area contributed by atoms with Gasteiger partial charge in [0, 0.05) is 19.0 Å². The Balaban J connectivity index is 1.58. The van der Waals surface area contributed by atoms with E-state index in [-0.39, 0.29) is 0 Å². The number of piperidine rings is 1. The summed E-state index contributed by atoms with van der Waals surface area (Å²) >= 11 is 0. The Bertz CT molecular complexity index is 477. The fourth-order valence-electron chi connectivity index (χ4n) is 4.40. The van der Waals surface area contributed by atoms with Crippen LogP contribution >= 0.6 is 0 Å². The molecule has 3 aliphatic heterocycles. The number of aromatic nitrogens is 3. The molecule has 21 heavy (non-hydrogen) atoms. The number of fused-ring (bicyclic) bond motifs is 1. The van der Waals surface area contributed by atoms with E-state index in [1.807, 2.05) is 0 Å². The lowest BCUT2D eigenvalue weighted by molar-refractivity contribution is 0.140. The average molecular weight is 289 g/mol. The third-order valence-corrected chi connectivity index (χ3v) is 5.51. The molecule has 1 aromatic rings. The Morgan fingerprint density at radius 3 is 2.71 bits per heavy atom. The van der Waals surface area contributed by atoms with Crippen LogP contribution in [0.5, 0.6) is 0 Å². The summed E-state index contributed by atoms with van der Waals surface area (Å²) in [7, 11) is 0. The van der Waals surface area contributed by atoms with Gasteiger partial charge in [-0.2, -0.15) is 0 Å². The number of aryl methyl sites for hydroxylation is 1. The number of rotatable bonds is 2. The summed E-state index contributed by atoms with van der Waals surface area (Å²) in [5.41, 5.74) is 0. The molecule has 0 bridgehead atoms. The topological polar surface area (TPSA) is 46.0 Å². The lowest BCUT2D eigenvalue weighted by Gasteiger charge is -2.35. The van der Waals surface area contributed by atoms with Crippen LogP contribution in [0.15, 0.2) is 0 Å². The summed E-state index contributed by atoms with van der Waals surface area (Å²) in [6.45, 7) is 4.73. The molecule has 0 spiro atoms. The van der Waals surface area contributed by atoms with Gasteiger partial charge < -0.3 is 9.88 Å². The molecule has 2 fully saturated rings. The van der Waals surface area contributed by atoms with Crippen LogP contribution < -0.4 is 5.32 Å². The van der Waals surface area contributed by atoms with Crippen LogP contribution in [-0.2, 0) is 13.0 Å². The molecule has 0 aromatic carbocycles. The van der Waals surface area contributed by atoms with Crippen LogP contribution in [0.4, 0.5) is 0 Å². The van der Waals surface area contributed by atoms with E-state index in [0.717, 1.165) is 19.0 Å². The smallest absolute Gasteiger partial charge is 0.150 e. The molecule has 1 N–H and O–H groups in total. The first-order valence-electron chi connectivity index (χ1n) is 8.82. The molecular weight excluding hydrogens is 262 g/mol. The van der Waals surface area contributed by atoms with E-state index < -0.39 is 0 Å². The van der Waals surface area contributed by atoms with Crippen molar-refractivity contribution in [1.29, 1.82) is 0 Å². The van der Waals surface area contributed by atoms with Crippen molar-refractivity contribution >= 4 is 0 Å². The van der Waals surface area contributed by atoms with Crippen molar-refractivity contribution in [1.82, 2.24) is 25.0 Å². The molecule has 1 atom stereocenters. The zero-order valence-corrected chi connectivity index (χ0v) is 12.9. The number of nitrogens with one attached hydrogen (secondary N) is 1. The average Bonchev–Trinajstić information content (AvgIpc) is 3.09. The Hall–Kier alpha value is -0.940. The van der Waals surface area contributed by atoms with Gasteiger partial charge in [-0.05, 0) is 58.2 Å². The summed E-state index contributed by atoms with van der Waals surface area (Å²) in [6.07, 6.45) is 10.2. The van der Waals surface area contributed by atoms with E-state index in [2.05, 4.69) is 25.0 Å². The number of hydrogen-bond donors (Lipinski definition) is 1. The predicted molar refractivity (Wildman–Crippen MR) is 82.1 cm³/mol. The van der Waals surface area contributed by atoms with Crippen LogP contribution in [0.25, 0.3) is 0 Å². The molecule has 0 amide bonds. The zero-order chi connectivity index (χ0) is 14.1. The quantitative estimate of drug-likeness (QED) is 0.903. The monoisotopic (exact) mass is 289 g/mol. The minimum Gasteiger partial charge on any atom is -0.317 e. The summed E-state index contributed by atoms with van der Waals surface area (Å²) in [5.74, 6) is 2.50. The van der Waals surface area contributed by atoms with Crippen LogP contribution in [0.2, 0.25) is 0 Å². The second-order valence-electron chi connectivity index (χ2n) is 6.81. The van der Waals surface area contributed by atoms with Gasteiger partial charge in [-0.25, -0.2) is 0 Å². The normalized spacial score (nSPS) is 28.5. The molecule has 0 radical (unpaired) electrons. The van der Waals surface area contributed by atoms with Crippen molar-refractivity contribution in [2.75, 3.05) is 19.6 Å². The van der Waals surface area contributed by atoms with Crippen molar-refractivity contribution in [2.24, 2.45) is 0 Å². The lowest BCUT2D eigenvalue weighted by atomic mass is 10.0. The van der Waals surface area contributed by atoms with Gasteiger partial charge in [0.25, 0.3) is 0 Å². The van der Waals surface area contributed by atoms with Crippen LogP contribution in [-0.4, -0.2) is 45.3 Å². The molecule has 3 aliphatic rings. The SMILES string of the molecule is C1CCc2nnc(C3CCCN3C3CCNCC3)n2CC1. The summed E-state index contributed by atoms with van der Waals surface area (Å²) in [5, 5.41) is 12.6. The van der Waals surface area contributed by atoms with E-state index in [9.17, 15) is 0 Å². The Labute approximate surface area is 127 Å². The second kappa shape index (κ2) is 6.05. The zero-order valence-electron chi connectivity index (χ0n) is 12.9. The third kappa shape index (κ3) is 2.61.